The number of para-hydroxylation sites is 1. The van der Waals surface area contributed by atoms with E-state index in [2.05, 4.69) is 15.3 Å². The highest BCUT2D eigenvalue weighted by Crippen LogP contribution is 2.18. The molecule has 1 aliphatic rings. The van der Waals surface area contributed by atoms with Crippen molar-refractivity contribution >= 4 is 11.6 Å². The first-order valence-corrected chi connectivity index (χ1v) is 6.79. The third-order valence-electron chi connectivity index (χ3n) is 3.07. The molecule has 0 radical (unpaired) electrons. The minimum Gasteiger partial charge on any atom is -0.424 e. The van der Waals surface area contributed by atoms with Gasteiger partial charge in [-0.05, 0) is 25.0 Å². The van der Waals surface area contributed by atoms with Crippen LogP contribution in [-0.2, 0) is 9.53 Å². The molecule has 2 aromatic rings. The Kier molecular flexibility index (Phi) is 4.07. The standard InChI is InChI=1S/C15H15N3O3/c19-14(13-7-4-8-20-13)18-11-9-16-15(17-10-11)21-12-5-2-1-3-6-12/h1-3,5-6,9-10,13H,4,7-8H2,(H,18,19)/t13-/m0/s1. The van der Waals surface area contributed by atoms with Crippen molar-refractivity contribution in [1.82, 2.24) is 9.97 Å². The third-order valence-corrected chi connectivity index (χ3v) is 3.07. The van der Waals surface area contributed by atoms with E-state index < -0.39 is 0 Å². The molecule has 6 heteroatoms. The van der Waals surface area contributed by atoms with Gasteiger partial charge in [0.25, 0.3) is 5.91 Å². The number of amides is 1. The van der Waals surface area contributed by atoms with Crippen molar-refractivity contribution in [2.45, 2.75) is 18.9 Å². The van der Waals surface area contributed by atoms with Gasteiger partial charge >= 0.3 is 6.01 Å². The predicted octanol–water partition coefficient (Wildman–Crippen LogP) is 2.39. The van der Waals surface area contributed by atoms with Crippen LogP contribution in [0.3, 0.4) is 0 Å². The number of anilines is 1. The molecule has 2 heterocycles. The van der Waals surface area contributed by atoms with E-state index in [-0.39, 0.29) is 18.0 Å². The summed E-state index contributed by atoms with van der Waals surface area (Å²) in [4.78, 5) is 20.0. The fraction of sp³-hybridized carbons (Fsp3) is 0.267. The first kappa shape index (κ1) is 13.5. The zero-order valence-corrected chi connectivity index (χ0v) is 11.4. The Balaban J connectivity index is 1.60. The van der Waals surface area contributed by atoms with Crippen LogP contribution in [0.2, 0.25) is 0 Å². The molecule has 1 fully saturated rings. The number of carbonyl (C=O) groups excluding carboxylic acids is 1. The number of benzene rings is 1. The average molecular weight is 285 g/mol. The molecule has 0 spiro atoms. The molecule has 6 nitrogen and oxygen atoms in total. The van der Waals surface area contributed by atoms with E-state index in [1.165, 1.54) is 12.4 Å². The van der Waals surface area contributed by atoms with Crippen molar-refractivity contribution in [2.75, 3.05) is 11.9 Å². The van der Waals surface area contributed by atoms with Crippen LogP contribution in [0.15, 0.2) is 42.7 Å². The molecular weight excluding hydrogens is 270 g/mol. The number of aromatic nitrogens is 2. The smallest absolute Gasteiger partial charge is 0.322 e. The molecule has 0 aliphatic carbocycles. The summed E-state index contributed by atoms with van der Waals surface area (Å²) < 4.78 is 10.8. The highest BCUT2D eigenvalue weighted by Gasteiger charge is 2.23. The molecule has 1 aromatic heterocycles. The van der Waals surface area contributed by atoms with Crippen molar-refractivity contribution in [3.8, 4) is 11.8 Å². The van der Waals surface area contributed by atoms with E-state index in [0.29, 0.717) is 18.0 Å². The third kappa shape index (κ3) is 3.55. The molecule has 0 saturated carbocycles. The second-order valence-electron chi connectivity index (χ2n) is 4.66. The van der Waals surface area contributed by atoms with Gasteiger partial charge in [-0.3, -0.25) is 4.79 Å². The van der Waals surface area contributed by atoms with Gasteiger partial charge in [0.05, 0.1) is 18.1 Å². The lowest BCUT2D eigenvalue weighted by atomic mass is 10.2. The first-order chi connectivity index (χ1) is 10.3. The maximum Gasteiger partial charge on any atom is 0.322 e. The van der Waals surface area contributed by atoms with Gasteiger partial charge in [-0.1, -0.05) is 18.2 Å². The quantitative estimate of drug-likeness (QED) is 0.933. The molecule has 1 aliphatic heterocycles. The Labute approximate surface area is 122 Å². The largest absolute Gasteiger partial charge is 0.424 e. The zero-order valence-electron chi connectivity index (χ0n) is 11.4. The fourth-order valence-electron chi connectivity index (χ4n) is 2.03. The Bertz CT molecular complexity index is 595. The first-order valence-electron chi connectivity index (χ1n) is 6.79. The molecule has 0 bridgehead atoms. The van der Waals surface area contributed by atoms with Crippen LogP contribution in [0.1, 0.15) is 12.8 Å². The monoisotopic (exact) mass is 285 g/mol. The van der Waals surface area contributed by atoms with Crippen LogP contribution >= 0.6 is 0 Å². The summed E-state index contributed by atoms with van der Waals surface area (Å²) in [5.41, 5.74) is 0.524. The van der Waals surface area contributed by atoms with Gasteiger partial charge in [-0.15, -0.1) is 0 Å². The second kappa shape index (κ2) is 6.32. The summed E-state index contributed by atoms with van der Waals surface area (Å²) in [6, 6.07) is 9.50. The minimum absolute atomic E-state index is 0.159. The molecule has 1 saturated heterocycles. The molecule has 3 rings (SSSR count). The minimum atomic E-state index is -0.370. The molecule has 1 amide bonds. The number of carbonyl (C=O) groups is 1. The normalized spacial score (nSPS) is 17.4. The highest BCUT2D eigenvalue weighted by atomic mass is 16.5. The fourth-order valence-corrected chi connectivity index (χ4v) is 2.03. The zero-order chi connectivity index (χ0) is 14.5. The van der Waals surface area contributed by atoms with Crippen LogP contribution in [0.4, 0.5) is 5.69 Å². The summed E-state index contributed by atoms with van der Waals surface area (Å²) in [5.74, 6) is 0.501. The van der Waals surface area contributed by atoms with Crippen molar-refractivity contribution in [1.29, 1.82) is 0 Å². The number of nitrogens with one attached hydrogen (secondary N) is 1. The maximum atomic E-state index is 11.9. The van der Waals surface area contributed by atoms with Gasteiger partial charge < -0.3 is 14.8 Å². The molecule has 0 unspecified atom stereocenters. The average Bonchev–Trinajstić information content (AvgIpc) is 3.05. The van der Waals surface area contributed by atoms with E-state index in [0.717, 1.165) is 12.8 Å². The van der Waals surface area contributed by atoms with Crippen LogP contribution in [0.5, 0.6) is 11.8 Å². The lowest BCUT2D eigenvalue weighted by Crippen LogP contribution is -2.26. The summed E-state index contributed by atoms with van der Waals surface area (Å²) >= 11 is 0. The van der Waals surface area contributed by atoms with E-state index in [9.17, 15) is 4.79 Å². The molecule has 1 aromatic carbocycles. The van der Waals surface area contributed by atoms with E-state index in [1.807, 2.05) is 30.3 Å². The molecular formula is C15H15N3O3. The Morgan fingerprint density at radius 3 is 2.67 bits per heavy atom. The maximum absolute atomic E-state index is 11.9. The predicted molar refractivity (Wildman–Crippen MR) is 76.2 cm³/mol. The van der Waals surface area contributed by atoms with Crippen molar-refractivity contribution in [3.05, 3.63) is 42.7 Å². The molecule has 1 atom stereocenters. The van der Waals surface area contributed by atoms with Crippen LogP contribution in [0, 0.1) is 0 Å². The van der Waals surface area contributed by atoms with Crippen LogP contribution in [-0.4, -0.2) is 28.6 Å². The molecule has 1 N–H and O–H groups in total. The highest BCUT2D eigenvalue weighted by molar-refractivity contribution is 5.94. The van der Waals surface area contributed by atoms with Gasteiger partial charge in [-0.2, -0.15) is 0 Å². The van der Waals surface area contributed by atoms with Crippen LogP contribution in [0.25, 0.3) is 0 Å². The van der Waals surface area contributed by atoms with E-state index >= 15 is 0 Å². The number of nitrogens with zero attached hydrogens (tertiary/aromatic N) is 2. The topological polar surface area (TPSA) is 73.3 Å². The van der Waals surface area contributed by atoms with Crippen molar-refractivity contribution in [2.24, 2.45) is 0 Å². The van der Waals surface area contributed by atoms with Gasteiger partial charge in [0.1, 0.15) is 11.9 Å². The second-order valence-corrected chi connectivity index (χ2v) is 4.66. The SMILES string of the molecule is O=C(Nc1cnc(Oc2ccccc2)nc1)[C@@H]1CCCO1. The number of rotatable bonds is 4. The lowest BCUT2D eigenvalue weighted by molar-refractivity contribution is -0.124. The van der Waals surface area contributed by atoms with Crippen molar-refractivity contribution < 1.29 is 14.3 Å². The van der Waals surface area contributed by atoms with E-state index in [4.69, 9.17) is 9.47 Å². The Morgan fingerprint density at radius 2 is 2.00 bits per heavy atom. The molecule has 108 valence electrons. The Hall–Kier alpha value is -2.47. The van der Waals surface area contributed by atoms with Gasteiger partial charge in [0.15, 0.2) is 0 Å². The summed E-state index contributed by atoms with van der Waals surface area (Å²) in [6.45, 7) is 0.637. The summed E-state index contributed by atoms with van der Waals surface area (Å²) in [7, 11) is 0. The van der Waals surface area contributed by atoms with Gasteiger partial charge in [0, 0.05) is 6.61 Å². The molecule has 21 heavy (non-hydrogen) atoms. The number of ether oxygens (including phenoxy) is 2. The van der Waals surface area contributed by atoms with Crippen molar-refractivity contribution in [3.63, 3.8) is 0 Å². The lowest BCUT2D eigenvalue weighted by Gasteiger charge is -2.10. The van der Waals surface area contributed by atoms with Gasteiger partial charge in [-0.25, -0.2) is 9.97 Å². The number of hydrogen-bond donors (Lipinski definition) is 1. The van der Waals surface area contributed by atoms with E-state index in [1.54, 1.807) is 0 Å². The summed E-state index contributed by atoms with van der Waals surface area (Å²) in [5, 5.41) is 2.73. The summed E-state index contributed by atoms with van der Waals surface area (Å²) in [6.07, 6.45) is 4.32. The van der Waals surface area contributed by atoms with Crippen LogP contribution < -0.4 is 10.1 Å². The van der Waals surface area contributed by atoms with Gasteiger partial charge in [0.2, 0.25) is 0 Å². The Morgan fingerprint density at radius 1 is 1.24 bits per heavy atom. The number of hydrogen-bond acceptors (Lipinski definition) is 5.